The monoisotopic (exact) mass is 291 g/mol. The first kappa shape index (κ1) is 13.4. The van der Waals surface area contributed by atoms with Crippen LogP contribution in [-0.2, 0) is 0 Å². The Morgan fingerprint density at radius 1 is 1.00 bits per heavy atom. The first-order valence-corrected chi connectivity index (χ1v) is 5.29. The zero-order chi connectivity index (χ0) is 14.2. The van der Waals surface area contributed by atoms with Crippen molar-refractivity contribution < 1.29 is 17.6 Å². The number of hydrogen-bond acceptors (Lipinski definition) is 3. The van der Waals surface area contributed by atoms with E-state index in [4.69, 9.17) is 17.3 Å². The molecule has 0 atom stereocenters. The molecule has 2 aromatic rings. The Labute approximate surface area is 110 Å². The Morgan fingerprint density at radius 3 is 2.11 bits per heavy atom. The summed E-state index contributed by atoms with van der Waals surface area (Å²) in [5.74, 6) is -6.35. The normalized spacial score (nSPS) is 10.6. The van der Waals surface area contributed by atoms with Crippen LogP contribution in [0.1, 0.15) is 0 Å². The Balaban J connectivity index is 2.49. The van der Waals surface area contributed by atoms with E-state index in [2.05, 4.69) is 10.3 Å². The number of halogens is 5. The molecule has 0 saturated heterocycles. The molecule has 1 aromatic heterocycles. The van der Waals surface area contributed by atoms with E-state index in [1.165, 1.54) is 12.1 Å². The molecule has 0 radical (unpaired) electrons. The summed E-state index contributed by atoms with van der Waals surface area (Å²) in [6.07, 6.45) is 0. The summed E-state index contributed by atoms with van der Waals surface area (Å²) in [6, 6.07) is 2.61. The number of nitrogens with zero attached hydrogens (tertiary/aromatic N) is 1. The molecular formula is C11H6ClF4N3. The fourth-order valence-electron chi connectivity index (χ4n) is 1.39. The van der Waals surface area contributed by atoms with E-state index in [0.29, 0.717) is 0 Å². The Hall–Kier alpha value is -2.02. The molecular weight excluding hydrogens is 286 g/mol. The zero-order valence-corrected chi connectivity index (χ0v) is 9.90. The highest BCUT2D eigenvalue weighted by Crippen LogP contribution is 2.28. The van der Waals surface area contributed by atoms with Crippen molar-refractivity contribution in [2.75, 3.05) is 11.1 Å². The van der Waals surface area contributed by atoms with E-state index in [1.54, 1.807) is 0 Å². The summed E-state index contributed by atoms with van der Waals surface area (Å²) >= 11 is 5.59. The predicted molar refractivity (Wildman–Crippen MR) is 63.2 cm³/mol. The van der Waals surface area contributed by atoms with Crippen LogP contribution in [0.15, 0.2) is 18.2 Å². The van der Waals surface area contributed by atoms with Crippen molar-refractivity contribution >= 4 is 28.8 Å². The van der Waals surface area contributed by atoms with Gasteiger partial charge in [0.05, 0.1) is 0 Å². The fraction of sp³-hybridized carbons (Fsp3) is 0. The molecule has 3 N–H and O–H groups in total. The van der Waals surface area contributed by atoms with Gasteiger partial charge in [0.15, 0.2) is 23.3 Å². The van der Waals surface area contributed by atoms with Gasteiger partial charge in [0.25, 0.3) is 0 Å². The summed E-state index contributed by atoms with van der Waals surface area (Å²) in [4.78, 5) is 3.67. The van der Waals surface area contributed by atoms with Gasteiger partial charge in [-0.3, -0.25) is 0 Å². The maximum atomic E-state index is 13.4. The summed E-state index contributed by atoms with van der Waals surface area (Å²) in [7, 11) is 0. The quantitative estimate of drug-likeness (QED) is 0.505. The van der Waals surface area contributed by atoms with E-state index < -0.39 is 29.0 Å². The summed E-state index contributed by atoms with van der Waals surface area (Å²) in [5, 5.41) is 2.06. The molecule has 0 fully saturated rings. The molecule has 0 bridgehead atoms. The van der Waals surface area contributed by atoms with Gasteiger partial charge in [0.1, 0.15) is 16.7 Å². The second kappa shape index (κ2) is 4.93. The zero-order valence-electron chi connectivity index (χ0n) is 9.15. The minimum absolute atomic E-state index is 0.0415. The second-order valence-corrected chi connectivity index (χ2v) is 3.96. The molecule has 100 valence electrons. The van der Waals surface area contributed by atoms with E-state index in [-0.39, 0.29) is 22.7 Å². The number of nitrogen functional groups attached to an aromatic ring is 1. The van der Waals surface area contributed by atoms with Crippen LogP contribution in [-0.4, -0.2) is 4.98 Å². The average molecular weight is 292 g/mol. The summed E-state index contributed by atoms with van der Waals surface area (Å²) in [5.41, 5.74) is 4.61. The van der Waals surface area contributed by atoms with Gasteiger partial charge in [-0.1, -0.05) is 11.6 Å². The highest BCUT2D eigenvalue weighted by Gasteiger charge is 2.19. The SMILES string of the molecule is Nc1cc(Cl)nc(Nc2c(F)c(F)cc(F)c2F)c1. The number of rotatable bonds is 2. The Bertz CT molecular complexity index is 602. The van der Waals surface area contributed by atoms with Gasteiger partial charge in [0.2, 0.25) is 0 Å². The minimum Gasteiger partial charge on any atom is -0.399 e. The van der Waals surface area contributed by atoms with E-state index in [0.717, 1.165) is 0 Å². The van der Waals surface area contributed by atoms with Crippen LogP contribution >= 0.6 is 11.6 Å². The van der Waals surface area contributed by atoms with Crippen molar-refractivity contribution in [1.82, 2.24) is 4.98 Å². The van der Waals surface area contributed by atoms with Gasteiger partial charge in [0, 0.05) is 17.8 Å². The third kappa shape index (κ3) is 2.70. The highest BCUT2D eigenvalue weighted by atomic mass is 35.5. The van der Waals surface area contributed by atoms with Crippen molar-refractivity contribution in [3.05, 3.63) is 46.6 Å². The first-order valence-electron chi connectivity index (χ1n) is 4.91. The first-order chi connectivity index (χ1) is 8.88. The number of pyridine rings is 1. The molecule has 19 heavy (non-hydrogen) atoms. The molecule has 0 spiro atoms. The number of hydrogen-bond donors (Lipinski definition) is 2. The highest BCUT2D eigenvalue weighted by molar-refractivity contribution is 6.29. The van der Waals surface area contributed by atoms with Gasteiger partial charge >= 0.3 is 0 Å². The molecule has 0 amide bonds. The second-order valence-electron chi connectivity index (χ2n) is 3.58. The van der Waals surface area contributed by atoms with E-state index in [1.807, 2.05) is 0 Å². The number of benzene rings is 1. The van der Waals surface area contributed by atoms with Gasteiger partial charge in [-0.15, -0.1) is 0 Å². The molecule has 2 rings (SSSR count). The minimum atomic E-state index is -1.57. The van der Waals surface area contributed by atoms with Gasteiger partial charge in [-0.25, -0.2) is 22.5 Å². The lowest BCUT2D eigenvalue weighted by atomic mass is 10.2. The van der Waals surface area contributed by atoms with Crippen LogP contribution in [0.5, 0.6) is 0 Å². The number of nitrogens with two attached hydrogens (primary N) is 1. The van der Waals surface area contributed by atoms with Crippen molar-refractivity contribution in [3.63, 3.8) is 0 Å². The number of nitrogens with one attached hydrogen (secondary N) is 1. The van der Waals surface area contributed by atoms with E-state index in [9.17, 15) is 17.6 Å². The average Bonchev–Trinajstić information content (AvgIpc) is 2.31. The molecule has 0 saturated carbocycles. The van der Waals surface area contributed by atoms with Crippen LogP contribution in [0, 0.1) is 23.3 Å². The number of anilines is 3. The molecule has 0 unspecified atom stereocenters. The molecule has 0 aliphatic heterocycles. The topological polar surface area (TPSA) is 50.9 Å². The van der Waals surface area contributed by atoms with Crippen LogP contribution in [0.3, 0.4) is 0 Å². The fourth-order valence-corrected chi connectivity index (χ4v) is 1.61. The molecule has 8 heteroatoms. The van der Waals surface area contributed by atoms with Gasteiger partial charge in [-0.05, 0) is 6.07 Å². The van der Waals surface area contributed by atoms with Crippen LogP contribution in [0.25, 0.3) is 0 Å². The smallest absolute Gasteiger partial charge is 0.185 e. The standard InChI is InChI=1S/C11H6ClF4N3/c12-7-1-4(17)2-8(18-7)19-11-9(15)5(13)3-6(14)10(11)16/h1-3H,(H3,17,18,19). The lowest BCUT2D eigenvalue weighted by molar-refractivity contribution is 0.459. The molecule has 1 heterocycles. The maximum absolute atomic E-state index is 13.4. The lowest BCUT2D eigenvalue weighted by Gasteiger charge is -2.10. The van der Waals surface area contributed by atoms with Crippen molar-refractivity contribution in [2.45, 2.75) is 0 Å². The predicted octanol–water partition coefficient (Wildman–Crippen LogP) is 3.62. The summed E-state index contributed by atoms with van der Waals surface area (Å²) < 4.78 is 52.8. The third-order valence-corrected chi connectivity index (χ3v) is 2.37. The van der Waals surface area contributed by atoms with Crippen LogP contribution < -0.4 is 11.1 Å². The molecule has 0 aliphatic carbocycles. The van der Waals surface area contributed by atoms with Crippen LogP contribution in [0.4, 0.5) is 34.8 Å². The molecule has 3 nitrogen and oxygen atoms in total. The number of aromatic nitrogens is 1. The van der Waals surface area contributed by atoms with Crippen molar-refractivity contribution in [1.29, 1.82) is 0 Å². The largest absolute Gasteiger partial charge is 0.399 e. The van der Waals surface area contributed by atoms with Crippen molar-refractivity contribution in [2.24, 2.45) is 0 Å². The van der Waals surface area contributed by atoms with E-state index >= 15 is 0 Å². The maximum Gasteiger partial charge on any atom is 0.185 e. The molecule has 0 aliphatic rings. The van der Waals surface area contributed by atoms with Gasteiger partial charge < -0.3 is 11.1 Å². The molecule has 1 aromatic carbocycles. The van der Waals surface area contributed by atoms with Crippen LogP contribution in [0.2, 0.25) is 5.15 Å². The summed E-state index contributed by atoms with van der Waals surface area (Å²) in [6.45, 7) is 0. The Morgan fingerprint density at radius 2 is 1.58 bits per heavy atom. The Kier molecular flexibility index (Phi) is 3.48. The third-order valence-electron chi connectivity index (χ3n) is 2.18. The van der Waals surface area contributed by atoms with Crippen molar-refractivity contribution in [3.8, 4) is 0 Å². The van der Waals surface area contributed by atoms with Gasteiger partial charge in [-0.2, -0.15) is 0 Å². The lowest BCUT2D eigenvalue weighted by Crippen LogP contribution is -2.04.